The molecule has 0 saturated heterocycles. The van der Waals surface area contributed by atoms with Crippen molar-refractivity contribution in [3.63, 3.8) is 0 Å². The van der Waals surface area contributed by atoms with E-state index in [4.69, 9.17) is 16.3 Å². The van der Waals surface area contributed by atoms with Crippen LogP contribution in [0, 0.1) is 0 Å². The van der Waals surface area contributed by atoms with Crippen LogP contribution >= 0.6 is 22.9 Å². The van der Waals surface area contributed by atoms with Gasteiger partial charge in [-0.15, -0.1) is 10.2 Å². The largest absolute Gasteiger partial charge is 0.462 e. The predicted molar refractivity (Wildman–Crippen MR) is 113 cm³/mol. The number of carbonyl (C=O) groups is 2. The van der Waals surface area contributed by atoms with E-state index in [0.717, 1.165) is 0 Å². The first-order valence-electron chi connectivity index (χ1n) is 8.49. The minimum Gasteiger partial charge on any atom is -0.462 e. The van der Waals surface area contributed by atoms with Crippen LogP contribution in [0.25, 0.3) is 0 Å². The van der Waals surface area contributed by atoms with E-state index < -0.39 is 21.9 Å². The highest BCUT2D eigenvalue weighted by molar-refractivity contribution is 7.94. The highest BCUT2D eigenvalue weighted by Crippen LogP contribution is 2.24. The van der Waals surface area contributed by atoms with Crippen LogP contribution in [0.1, 0.15) is 27.6 Å². The third kappa shape index (κ3) is 5.12. The Bertz CT molecular complexity index is 1200. The van der Waals surface area contributed by atoms with Crippen LogP contribution in [0.3, 0.4) is 0 Å². The molecule has 0 spiro atoms. The number of carbonyl (C=O) groups excluding carboxylic acids is 2. The number of rotatable bonds is 7. The minimum atomic E-state index is -4.09. The lowest BCUT2D eigenvalue weighted by molar-refractivity contribution is 0.0526. The summed E-state index contributed by atoms with van der Waals surface area (Å²) in [5.41, 5.74) is 0.562. The number of hydrogen-bond acceptors (Lipinski definition) is 8. The first-order chi connectivity index (χ1) is 14.3. The van der Waals surface area contributed by atoms with Gasteiger partial charge in [0, 0.05) is 5.69 Å². The second-order valence-electron chi connectivity index (χ2n) is 5.71. The van der Waals surface area contributed by atoms with Gasteiger partial charge in [-0.1, -0.05) is 41.1 Å². The number of sulfonamides is 1. The van der Waals surface area contributed by atoms with E-state index in [1.54, 1.807) is 25.1 Å². The molecule has 1 aromatic heterocycles. The summed E-state index contributed by atoms with van der Waals surface area (Å²) < 4.78 is 32.0. The molecule has 12 heteroatoms. The van der Waals surface area contributed by atoms with Crippen LogP contribution in [0.15, 0.2) is 52.9 Å². The Kier molecular flexibility index (Phi) is 6.65. The number of esters is 1. The van der Waals surface area contributed by atoms with E-state index in [0.29, 0.717) is 11.3 Å². The summed E-state index contributed by atoms with van der Waals surface area (Å²) in [6.45, 7) is 1.87. The lowest BCUT2D eigenvalue weighted by Gasteiger charge is -2.07. The van der Waals surface area contributed by atoms with Crippen molar-refractivity contribution < 1.29 is 22.7 Å². The van der Waals surface area contributed by atoms with Gasteiger partial charge < -0.3 is 4.74 Å². The van der Waals surface area contributed by atoms with Gasteiger partial charge >= 0.3 is 5.97 Å². The van der Waals surface area contributed by atoms with Crippen LogP contribution < -0.4 is 10.0 Å². The molecule has 1 heterocycles. The minimum absolute atomic E-state index is 0.0134. The first kappa shape index (κ1) is 21.7. The highest BCUT2D eigenvalue weighted by Gasteiger charge is 2.22. The zero-order valence-electron chi connectivity index (χ0n) is 15.5. The van der Waals surface area contributed by atoms with Crippen molar-refractivity contribution in [1.82, 2.24) is 10.2 Å². The Balaban J connectivity index is 1.74. The average molecular weight is 467 g/mol. The number of nitrogens with one attached hydrogen (secondary N) is 2. The van der Waals surface area contributed by atoms with Gasteiger partial charge in [-0.2, -0.15) is 8.42 Å². The molecule has 0 aliphatic heterocycles. The number of hydrogen-bond donors (Lipinski definition) is 2. The van der Waals surface area contributed by atoms with E-state index in [2.05, 4.69) is 20.2 Å². The molecular weight excluding hydrogens is 452 g/mol. The van der Waals surface area contributed by atoms with E-state index in [9.17, 15) is 18.0 Å². The molecule has 1 amide bonds. The Hall–Kier alpha value is -3.02. The molecule has 0 aliphatic carbocycles. The Morgan fingerprint density at radius 1 is 1.13 bits per heavy atom. The van der Waals surface area contributed by atoms with Gasteiger partial charge in [0.05, 0.1) is 22.8 Å². The van der Waals surface area contributed by atoms with Crippen LogP contribution in [0.4, 0.5) is 10.8 Å². The number of aromatic nitrogens is 2. The Morgan fingerprint density at radius 3 is 2.63 bits per heavy atom. The third-order valence-corrected chi connectivity index (χ3v) is 6.52. The molecule has 156 valence electrons. The molecule has 3 aromatic rings. The van der Waals surface area contributed by atoms with Crippen molar-refractivity contribution >= 4 is 55.7 Å². The molecule has 9 nitrogen and oxygen atoms in total. The quantitative estimate of drug-likeness (QED) is 0.403. The van der Waals surface area contributed by atoms with Gasteiger partial charge in [0.1, 0.15) is 0 Å². The summed E-state index contributed by atoms with van der Waals surface area (Å²) in [6, 6.07) is 12.2. The molecule has 0 atom stereocenters. The molecular formula is C18H15ClN4O5S2. The molecule has 0 aliphatic rings. The van der Waals surface area contributed by atoms with Crippen LogP contribution in [-0.4, -0.2) is 37.1 Å². The van der Waals surface area contributed by atoms with Gasteiger partial charge in [-0.05, 0) is 37.3 Å². The SMILES string of the molecule is CCOC(=O)c1cccc(NS(=O)(=O)c2nnc(NC(=O)c3ccccc3Cl)s2)c1. The molecule has 0 unspecified atom stereocenters. The molecule has 2 aromatic carbocycles. The number of nitrogens with zero attached hydrogens (tertiary/aromatic N) is 2. The number of anilines is 2. The summed E-state index contributed by atoms with van der Waals surface area (Å²) in [5, 5.41) is 10.0. The Labute approximate surface area is 181 Å². The number of halogens is 1. The molecule has 30 heavy (non-hydrogen) atoms. The van der Waals surface area contributed by atoms with Gasteiger partial charge in [0.15, 0.2) is 0 Å². The van der Waals surface area contributed by atoms with Crippen molar-refractivity contribution in [2.24, 2.45) is 0 Å². The van der Waals surface area contributed by atoms with Crippen LogP contribution in [0.2, 0.25) is 5.02 Å². The summed E-state index contributed by atoms with van der Waals surface area (Å²) in [7, 11) is -4.09. The average Bonchev–Trinajstić information content (AvgIpc) is 3.18. The number of ether oxygens (including phenoxy) is 1. The second kappa shape index (κ2) is 9.20. The fourth-order valence-corrected chi connectivity index (χ4v) is 4.47. The summed E-state index contributed by atoms with van der Waals surface area (Å²) in [4.78, 5) is 24.1. The summed E-state index contributed by atoms with van der Waals surface area (Å²) in [5.74, 6) is -1.12. The smallest absolute Gasteiger partial charge is 0.338 e. The Morgan fingerprint density at radius 2 is 1.90 bits per heavy atom. The fraction of sp³-hybridized carbons (Fsp3) is 0.111. The lowest BCUT2D eigenvalue weighted by atomic mass is 10.2. The maximum absolute atomic E-state index is 12.6. The van der Waals surface area contributed by atoms with Gasteiger partial charge in [-0.25, -0.2) is 4.79 Å². The third-order valence-electron chi connectivity index (χ3n) is 3.60. The van der Waals surface area contributed by atoms with Gasteiger partial charge in [-0.3, -0.25) is 14.8 Å². The van der Waals surface area contributed by atoms with Crippen molar-refractivity contribution in [1.29, 1.82) is 0 Å². The van der Waals surface area contributed by atoms with Crippen LogP contribution in [0.5, 0.6) is 0 Å². The normalized spacial score (nSPS) is 11.0. The van der Waals surface area contributed by atoms with Crippen molar-refractivity contribution in [2.45, 2.75) is 11.3 Å². The maximum Gasteiger partial charge on any atom is 0.338 e. The first-order valence-corrected chi connectivity index (χ1v) is 11.2. The van der Waals surface area contributed by atoms with E-state index in [-0.39, 0.29) is 37.9 Å². The van der Waals surface area contributed by atoms with E-state index in [1.165, 1.54) is 30.3 Å². The predicted octanol–water partition coefficient (Wildman–Crippen LogP) is 3.42. The van der Waals surface area contributed by atoms with Crippen molar-refractivity contribution in [2.75, 3.05) is 16.6 Å². The van der Waals surface area contributed by atoms with Gasteiger partial charge in [0.2, 0.25) is 5.13 Å². The van der Waals surface area contributed by atoms with Gasteiger partial charge in [0.25, 0.3) is 20.3 Å². The second-order valence-corrected chi connectivity index (χ2v) is 8.95. The van der Waals surface area contributed by atoms with Crippen LogP contribution in [-0.2, 0) is 14.8 Å². The summed E-state index contributed by atoms with van der Waals surface area (Å²) in [6.07, 6.45) is 0. The summed E-state index contributed by atoms with van der Waals surface area (Å²) >= 11 is 6.64. The van der Waals surface area contributed by atoms with E-state index in [1.807, 2.05) is 0 Å². The maximum atomic E-state index is 12.6. The number of benzene rings is 2. The zero-order valence-corrected chi connectivity index (χ0v) is 17.8. The standard InChI is InChI=1S/C18H15ClN4O5S2/c1-2-28-16(25)11-6-5-7-12(10-11)23-30(26,27)18-22-21-17(29-18)20-15(24)13-8-3-4-9-14(13)19/h3-10,23H,2H2,1H3,(H,20,21,24). The molecule has 0 bridgehead atoms. The molecule has 3 rings (SSSR count). The van der Waals surface area contributed by atoms with E-state index >= 15 is 0 Å². The zero-order chi connectivity index (χ0) is 21.7. The molecule has 0 fully saturated rings. The van der Waals surface area contributed by atoms with Crippen molar-refractivity contribution in [3.8, 4) is 0 Å². The highest BCUT2D eigenvalue weighted by atomic mass is 35.5. The fourth-order valence-electron chi connectivity index (χ4n) is 2.30. The monoisotopic (exact) mass is 466 g/mol. The molecule has 0 radical (unpaired) electrons. The number of amides is 1. The molecule has 2 N–H and O–H groups in total. The lowest BCUT2D eigenvalue weighted by Crippen LogP contribution is -2.13. The van der Waals surface area contributed by atoms with Crippen molar-refractivity contribution in [3.05, 3.63) is 64.7 Å². The topological polar surface area (TPSA) is 127 Å². The molecule has 0 saturated carbocycles.